The summed E-state index contributed by atoms with van der Waals surface area (Å²) in [6.07, 6.45) is 0.894. The number of carbonyl (C=O) groups excluding carboxylic acids is 1. The molecule has 0 aliphatic carbocycles. The van der Waals surface area contributed by atoms with E-state index < -0.39 is 0 Å². The summed E-state index contributed by atoms with van der Waals surface area (Å²) < 4.78 is 5.31. The molecule has 0 aliphatic heterocycles. The maximum Gasteiger partial charge on any atom is 0.151 e. The summed E-state index contributed by atoms with van der Waals surface area (Å²) in [5.74, 6) is 0.819. The Balaban J connectivity index is 2.36. The lowest BCUT2D eigenvalue weighted by molar-refractivity contribution is 0.112. The first-order valence-corrected chi connectivity index (χ1v) is 6.43. The number of hydrogen-bond acceptors (Lipinski definition) is 3. The third-order valence-electron chi connectivity index (χ3n) is 2.58. The second kappa shape index (κ2) is 5.74. The summed E-state index contributed by atoms with van der Waals surface area (Å²) in [5, 5.41) is 0. The number of para-hydroxylation sites is 1. The molecule has 0 amide bonds. The summed E-state index contributed by atoms with van der Waals surface area (Å²) in [7, 11) is 1.65. The molecule has 2 aromatic rings. The van der Waals surface area contributed by atoms with Crippen molar-refractivity contribution >= 4 is 18.0 Å². The summed E-state index contributed by atoms with van der Waals surface area (Å²) in [6, 6.07) is 13.7. The summed E-state index contributed by atoms with van der Waals surface area (Å²) in [6.45, 7) is 1.98. The Morgan fingerprint density at radius 2 is 1.89 bits per heavy atom. The van der Waals surface area contributed by atoms with Gasteiger partial charge in [-0.1, -0.05) is 35.5 Å². The molecule has 0 saturated carbocycles. The molecule has 2 aromatic carbocycles. The van der Waals surface area contributed by atoms with Crippen LogP contribution in [-0.2, 0) is 0 Å². The Morgan fingerprint density at radius 1 is 1.11 bits per heavy atom. The zero-order valence-corrected chi connectivity index (χ0v) is 11.2. The molecule has 2 nitrogen and oxygen atoms in total. The fraction of sp³-hybridized carbons (Fsp3) is 0.133. The van der Waals surface area contributed by atoms with E-state index in [0.29, 0.717) is 5.56 Å². The molecule has 0 saturated heterocycles. The Kier molecular flexibility index (Phi) is 4.05. The van der Waals surface area contributed by atoms with Crippen LogP contribution in [-0.4, -0.2) is 13.4 Å². The summed E-state index contributed by atoms with van der Waals surface area (Å²) >= 11 is 1.54. The minimum Gasteiger partial charge on any atom is -0.496 e. The highest BCUT2D eigenvalue weighted by Crippen LogP contribution is 2.36. The highest BCUT2D eigenvalue weighted by molar-refractivity contribution is 7.99. The number of methoxy groups -OCH3 is 1. The normalized spacial score (nSPS) is 10.1. The van der Waals surface area contributed by atoms with Crippen LogP contribution in [0.15, 0.2) is 52.3 Å². The lowest BCUT2D eigenvalue weighted by Crippen LogP contribution is -1.89. The number of hydrogen-bond donors (Lipinski definition) is 0. The van der Waals surface area contributed by atoms with Crippen LogP contribution in [0.2, 0.25) is 0 Å². The van der Waals surface area contributed by atoms with Crippen molar-refractivity contribution in [3.63, 3.8) is 0 Å². The number of aryl methyl sites for hydroxylation is 1. The zero-order valence-electron chi connectivity index (χ0n) is 10.3. The lowest BCUT2D eigenvalue weighted by atomic mass is 10.2. The van der Waals surface area contributed by atoms with Crippen molar-refractivity contribution < 1.29 is 9.53 Å². The monoisotopic (exact) mass is 258 g/mol. The van der Waals surface area contributed by atoms with Crippen LogP contribution >= 0.6 is 11.8 Å². The SMILES string of the molecule is COc1ccccc1Sc1ccc(C)cc1C=O. The first-order valence-electron chi connectivity index (χ1n) is 5.61. The Morgan fingerprint density at radius 3 is 2.61 bits per heavy atom. The van der Waals surface area contributed by atoms with Gasteiger partial charge < -0.3 is 4.74 Å². The van der Waals surface area contributed by atoms with Crippen molar-refractivity contribution in [2.24, 2.45) is 0 Å². The van der Waals surface area contributed by atoms with Gasteiger partial charge in [0.2, 0.25) is 0 Å². The van der Waals surface area contributed by atoms with Gasteiger partial charge in [-0.2, -0.15) is 0 Å². The molecular formula is C15H14O2S. The summed E-state index contributed by atoms with van der Waals surface area (Å²) in [5.41, 5.74) is 1.80. The van der Waals surface area contributed by atoms with Gasteiger partial charge in [0.25, 0.3) is 0 Å². The van der Waals surface area contributed by atoms with Gasteiger partial charge in [-0.15, -0.1) is 0 Å². The molecule has 0 fully saturated rings. The van der Waals surface area contributed by atoms with E-state index in [1.54, 1.807) is 18.9 Å². The summed E-state index contributed by atoms with van der Waals surface area (Å²) in [4.78, 5) is 13.0. The van der Waals surface area contributed by atoms with Gasteiger partial charge in [-0.25, -0.2) is 0 Å². The molecule has 2 rings (SSSR count). The topological polar surface area (TPSA) is 26.3 Å². The number of rotatable bonds is 4. The molecule has 0 atom stereocenters. The molecule has 0 heterocycles. The predicted molar refractivity (Wildman–Crippen MR) is 73.7 cm³/mol. The Hall–Kier alpha value is -1.74. The van der Waals surface area contributed by atoms with Crippen LogP contribution in [0.1, 0.15) is 15.9 Å². The third-order valence-corrected chi connectivity index (χ3v) is 3.73. The molecule has 0 unspecified atom stereocenters. The fourth-order valence-corrected chi connectivity index (χ4v) is 2.67. The average Bonchev–Trinajstić information content (AvgIpc) is 2.41. The molecular weight excluding hydrogens is 244 g/mol. The van der Waals surface area contributed by atoms with Crippen molar-refractivity contribution in [1.82, 2.24) is 0 Å². The molecule has 0 radical (unpaired) electrons. The Labute approximate surface area is 111 Å². The minimum absolute atomic E-state index is 0.714. The van der Waals surface area contributed by atoms with E-state index in [-0.39, 0.29) is 0 Å². The lowest BCUT2D eigenvalue weighted by Gasteiger charge is -2.09. The van der Waals surface area contributed by atoms with Crippen molar-refractivity contribution in [2.75, 3.05) is 7.11 Å². The van der Waals surface area contributed by atoms with Crippen LogP contribution in [0.3, 0.4) is 0 Å². The molecule has 0 bridgehead atoms. The van der Waals surface area contributed by atoms with Crippen molar-refractivity contribution in [2.45, 2.75) is 16.7 Å². The Bertz CT molecular complexity index is 564. The molecule has 92 valence electrons. The molecule has 0 spiro atoms. The average molecular weight is 258 g/mol. The molecule has 0 aliphatic rings. The van der Waals surface area contributed by atoms with Crippen molar-refractivity contribution in [3.05, 3.63) is 53.6 Å². The van der Waals surface area contributed by atoms with Gasteiger partial charge in [0.1, 0.15) is 5.75 Å². The predicted octanol–water partition coefficient (Wildman–Crippen LogP) is 3.97. The van der Waals surface area contributed by atoms with Gasteiger partial charge in [0, 0.05) is 10.5 Å². The van der Waals surface area contributed by atoms with E-state index in [1.807, 2.05) is 49.4 Å². The largest absolute Gasteiger partial charge is 0.496 e. The van der Waals surface area contributed by atoms with Gasteiger partial charge in [-0.3, -0.25) is 4.79 Å². The van der Waals surface area contributed by atoms with Crippen LogP contribution in [0.25, 0.3) is 0 Å². The van der Waals surface area contributed by atoms with E-state index >= 15 is 0 Å². The molecule has 0 N–H and O–H groups in total. The second-order valence-electron chi connectivity index (χ2n) is 3.91. The van der Waals surface area contributed by atoms with Crippen molar-refractivity contribution in [1.29, 1.82) is 0 Å². The highest BCUT2D eigenvalue weighted by Gasteiger charge is 2.07. The molecule has 18 heavy (non-hydrogen) atoms. The van der Waals surface area contributed by atoms with E-state index in [4.69, 9.17) is 4.74 Å². The number of aldehydes is 1. The number of ether oxygens (including phenoxy) is 1. The van der Waals surface area contributed by atoms with Gasteiger partial charge in [-0.05, 0) is 31.2 Å². The third kappa shape index (κ3) is 2.74. The van der Waals surface area contributed by atoms with E-state index in [9.17, 15) is 4.79 Å². The maximum absolute atomic E-state index is 11.1. The fourth-order valence-electron chi connectivity index (χ4n) is 1.67. The van der Waals surface area contributed by atoms with Gasteiger partial charge in [0.15, 0.2) is 6.29 Å². The van der Waals surface area contributed by atoms with E-state index in [0.717, 1.165) is 27.4 Å². The minimum atomic E-state index is 0.714. The first kappa shape index (κ1) is 12.7. The maximum atomic E-state index is 11.1. The van der Waals surface area contributed by atoms with Gasteiger partial charge >= 0.3 is 0 Å². The van der Waals surface area contributed by atoms with E-state index in [2.05, 4.69) is 0 Å². The second-order valence-corrected chi connectivity index (χ2v) is 5.00. The van der Waals surface area contributed by atoms with Crippen LogP contribution in [0.4, 0.5) is 0 Å². The number of carbonyl (C=O) groups is 1. The standard InChI is InChI=1S/C15H14O2S/c1-11-7-8-14(12(9-11)10-16)18-15-6-4-3-5-13(15)17-2/h3-10H,1-2H3. The van der Waals surface area contributed by atoms with Crippen LogP contribution < -0.4 is 4.74 Å². The van der Waals surface area contributed by atoms with Crippen LogP contribution in [0, 0.1) is 6.92 Å². The smallest absolute Gasteiger partial charge is 0.151 e. The van der Waals surface area contributed by atoms with E-state index in [1.165, 1.54) is 0 Å². The van der Waals surface area contributed by atoms with Crippen molar-refractivity contribution in [3.8, 4) is 5.75 Å². The molecule has 0 aromatic heterocycles. The highest BCUT2D eigenvalue weighted by atomic mass is 32.2. The molecule has 3 heteroatoms. The zero-order chi connectivity index (χ0) is 13.0. The number of benzene rings is 2. The van der Waals surface area contributed by atoms with Crippen LogP contribution in [0.5, 0.6) is 5.75 Å². The quantitative estimate of drug-likeness (QED) is 0.776. The first-order chi connectivity index (χ1) is 8.74. The van der Waals surface area contributed by atoms with Gasteiger partial charge in [0.05, 0.1) is 12.0 Å².